The minimum Gasteiger partial charge on any atom is -0.369 e. The van der Waals surface area contributed by atoms with Gasteiger partial charge in [-0.1, -0.05) is 24.0 Å². The molecule has 2 amide bonds. The molecule has 0 radical (unpaired) electrons. The van der Waals surface area contributed by atoms with E-state index in [2.05, 4.69) is 26.8 Å². The van der Waals surface area contributed by atoms with Crippen LogP contribution in [-0.4, -0.2) is 56.0 Å². The minimum atomic E-state index is -1.67. The number of carbonyl (C=O) groups is 2. The van der Waals surface area contributed by atoms with E-state index in [1.165, 1.54) is 4.90 Å². The fraction of sp³-hybridized carbons (Fsp3) is 0.174. The fourth-order valence-corrected chi connectivity index (χ4v) is 3.30. The lowest BCUT2D eigenvalue weighted by Crippen LogP contribution is -2.37. The lowest BCUT2D eigenvalue weighted by molar-refractivity contribution is -0.137. The van der Waals surface area contributed by atoms with E-state index in [0.29, 0.717) is 34.6 Å². The van der Waals surface area contributed by atoms with E-state index in [1.807, 2.05) is 6.07 Å². The molecular weight excluding hydrogens is 394 g/mol. The topological polar surface area (TPSA) is 122 Å². The monoisotopic (exact) mass is 413 g/mol. The Balaban J connectivity index is 1.73. The van der Waals surface area contributed by atoms with Crippen LogP contribution in [0.4, 0.5) is 0 Å². The van der Waals surface area contributed by atoms with Crippen LogP contribution in [-0.2, 0) is 4.79 Å². The second-order valence-electron chi connectivity index (χ2n) is 7.25. The van der Waals surface area contributed by atoms with Gasteiger partial charge in [0.25, 0.3) is 11.8 Å². The summed E-state index contributed by atoms with van der Waals surface area (Å²) in [5.41, 5.74) is 6.93. The zero-order valence-electron chi connectivity index (χ0n) is 16.7. The summed E-state index contributed by atoms with van der Waals surface area (Å²) in [6.45, 7) is 0.457. The summed E-state index contributed by atoms with van der Waals surface area (Å²) in [5.74, 6) is 4.52. The van der Waals surface area contributed by atoms with Crippen LogP contribution in [0.5, 0.6) is 0 Å². The van der Waals surface area contributed by atoms with Gasteiger partial charge < -0.3 is 15.7 Å². The van der Waals surface area contributed by atoms with Crippen LogP contribution in [0.3, 0.4) is 0 Å². The Morgan fingerprint density at radius 2 is 2.03 bits per heavy atom. The van der Waals surface area contributed by atoms with Gasteiger partial charge >= 0.3 is 0 Å². The molecule has 1 atom stereocenters. The highest BCUT2D eigenvalue weighted by atomic mass is 16.3. The largest absolute Gasteiger partial charge is 0.369 e. The van der Waals surface area contributed by atoms with E-state index in [0.717, 1.165) is 0 Å². The molecule has 0 spiro atoms. The lowest BCUT2D eigenvalue weighted by Gasteiger charge is -2.13. The Hall–Kier alpha value is -4.09. The molecule has 1 saturated heterocycles. The summed E-state index contributed by atoms with van der Waals surface area (Å²) in [6, 6.07) is 10.5. The van der Waals surface area contributed by atoms with Gasteiger partial charge in [-0.15, -0.1) is 0 Å². The smallest absolute Gasteiger partial charge is 0.267 e. The van der Waals surface area contributed by atoms with E-state index >= 15 is 0 Å². The molecule has 0 bridgehead atoms. The van der Waals surface area contributed by atoms with Gasteiger partial charge in [0.15, 0.2) is 0 Å². The van der Waals surface area contributed by atoms with Crippen molar-refractivity contribution in [2.75, 3.05) is 13.6 Å². The number of benzene rings is 1. The Kier molecular flexibility index (Phi) is 5.19. The zero-order chi connectivity index (χ0) is 22.0. The van der Waals surface area contributed by atoms with Crippen molar-refractivity contribution in [2.45, 2.75) is 12.0 Å². The highest BCUT2D eigenvalue weighted by Crippen LogP contribution is 2.26. The third kappa shape index (κ3) is 4.13. The molecule has 0 saturated carbocycles. The Morgan fingerprint density at radius 1 is 1.19 bits per heavy atom. The van der Waals surface area contributed by atoms with Crippen LogP contribution in [0.15, 0.2) is 55.0 Å². The van der Waals surface area contributed by atoms with Crippen molar-refractivity contribution >= 4 is 11.8 Å². The molecule has 8 heteroatoms. The molecule has 0 aliphatic carbocycles. The molecule has 154 valence electrons. The highest BCUT2D eigenvalue weighted by molar-refractivity contribution is 5.93. The van der Waals surface area contributed by atoms with Gasteiger partial charge in [-0.3, -0.25) is 19.6 Å². The molecular formula is C23H19N5O3. The van der Waals surface area contributed by atoms with Crippen LogP contribution in [0.1, 0.15) is 22.5 Å². The summed E-state index contributed by atoms with van der Waals surface area (Å²) in [6.07, 6.45) is 4.96. The van der Waals surface area contributed by atoms with Crippen molar-refractivity contribution in [3.63, 3.8) is 0 Å². The quantitative estimate of drug-likeness (QED) is 0.623. The maximum atomic E-state index is 12.1. The minimum absolute atomic E-state index is 0.101. The number of likely N-dealkylation sites (N-methyl/N-ethyl adjacent to an activating group) is 1. The average Bonchev–Trinajstić information content (AvgIpc) is 3.06. The van der Waals surface area contributed by atoms with Gasteiger partial charge in [0, 0.05) is 49.1 Å². The third-order valence-corrected chi connectivity index (χ3v) is 5.02. The maximum absolute atomic E-state index is 12.1. The molecule has 4 rings (SSSR count). The van der Waals surface area contributed by atoms with Gasteiger partial charge in [-0.05, 0) is 24.3 Å². The van der Waals surface area contributed by atoms with E-state index in [-0.39, 0.29) is 12.1 Å². The number of hydrogen-bond acceptors (Lipinski definition) is 6. The normalized spacial score (nSPS) is 17.9. The first-order chi connectivity index (χ1) is 14.9. The third-order valence-electron chi connectivity index (χ3n) is 5.02. The lowest BCUT2D eigenvalue weighted by atomic mass is 10.0. The van der Waals surface area contributed by atoms with E-state index in [9.17, 15) is 14.7 Å². The first-order valence-electron chi connectivity index (χ1n) is 9.55. The van der Waals surface area contributed by atoms with Gasteiger partial charge in [0.2, 0.25) is 5.60 Å². The first kappa shape index (κ1) is 20.2. The van der Waals surface area contributed by atoms with Crippen molar-refractivity contribution in [2.24, 2.45) is 5.73 Å². The van der Waals surface area contributed by atoms with Crippen LogP contribution >= 0.6 is 0 Å². The molecule has 1 aliphatic heterocycles. The fourth-order valence-electron chi connectivity index (χ4n) is 3.30. The van der Waals surface area contributed by atoms with Gasteiger partial charge in [0.05, 0.1) is 17.6 Å². The van der Waals surface area contributed by atoms with Gasteiger partial charge in [-0.25, -0.2) is 4.98 Å². The van der Waals surface area contributed by atoms with Crippen molar-refractivity contribution in [3.05, 3.63) is 66.2 Å². The summed E-state index contributed by atoms with van der Waals surface area (Å²) in [4.78, 5) is 38.1. The van der Waals surface area contributed by atoms with E-state index in [4.69, 9.17) is 5.73 Å². The number of nitrogens with zero attached hydrogens (tertiary/aromatic N) is 4. The number of pyridine rings is 1. The SMILES string of the molecule is CN1CCC(O)(C#Cc2cccc(-c3cc(-c4cnccn4)cc(C(N)=O)n3)c2)C1=O. The molecule has 1 unspecified atom stereocenters. The van der Waals surface area contributed by atoms with Crippen LogP contribution in [0, 0.1) is 11.8 Å². The van der Waals surface area contributed by atoms with Crippen molar-refractivity contribution < 1.29 is 14.7 Å². The number of aliphatic hydroxyl groups is 1. The predicted molar refractivity (Wildman–Crippen MR) is 113 cm³/mol. The molecule has 31 heavy (non-hydrogen) atoms. The first-order valence-corrected chi connectivity index (χ1v) is 9.55. The van der Waals surface area contributed by atoms with E-state index < -0.39 is 17.4 Å². The molecule has 3 aromatic rings. The maximum Gasteiger partial charge on any atom is 0.267 e. The number of amides is 2. The Labute approximate surface area is 178 Å². The summed E-state index contributed by atoms with van der Waals surface area (Å²) >= 11 is 0. The Morgan fingerprint density at radius 3 is 2.71 bits per heavy atom. The number of hydrogen-bond donors (Lipinski definition) is 2. The second kappa shape index (κ2) is 7.97. The van der Waals surface area contributed by atoms with Crippen LogP contribution in [0.2, 0.25) is 0 Å². The Bertz CT molecular complexity index is 1230. The zero-order valence-corrected chi connectivity index (χ0v) is 16.7. The van der Waals surface area contributed by atoms with Crippen LogP contribution in [0.25, 0.3) is 22.5 Å². The molecule has 1 fully saturated rings. The predicted octanol–water partition coefficient (Wildman–Crippen LogP) is 1.25. The molecule has 3 N–H and O–H groups in total. The van der Waals surface area contributed by atoms with E-state index in [1.54, 1.807) is 56.0 Å². The number of aromatic nitrogens is 3. The standard InChI is InChI=1S/C23H19N5O3/c1-28-10-7-23(31,22(28)30)6-5-15-3-2-4-16(11-15)18-12-17(13-19(27-18)21(24)29)20-14-25-8-9-26-20/h2-4,8-9,11-14,31H,7,10H2,1H3,(H2,24,29). The summed E-state index contributed by atoms with van der Waals surface area (Å²) in [7, 11) is 1.63. The van der Waals surface area contributed by atoms with Gasteiger partial charge in [0.1, 0.15) is 5.69 Å². The second-order valence-corrected chi connectivity index (χ2v) is 7.25. The number of carbonyl (C=O) groups excluding carboxylic acids is 2. The molecule has 8 nitrogen and oxygen atoms in total. The highest BCUT2D eigenvalue weighted by Gasteiger charge is 2.42. The molecule has 1 aliphatic rings. The number of likely N-dealkylation sites (tertiary alicyclic amines) is 1. The van der Waals surface area contributed by atoms with Crippen molar-refractivity contribution in [1.29, 1.82) is 0 Å². The average molecular weight is 413 g/mol. The summed E-state index contributed by atoms with van der Waals surface area (Å²) in [5, 5.41) is 10.5. The summed E-state index contributed by atoms with van der Waals surface area (Å²) < 4.78 is 0. The molecule has 1 aromatic carbocycles. The number of nitrogens with two attached hydrogens (primary N) is 1. The molecule has 2 aromatic heterocycles. The van der Waals surface area contributed by atoms with Crippen LogP contribution < -0.4 is 5.73 Å². The van der Waals surface area contributed by atoms with Gasteiger partial charge in [-0.2, -0.15) is 0 Å². The number of rotatable bonds is 3. The van der Waals surface area contributed by atoms with Crippen molar-refractivity contribution in [1.82, 2.24) is 19.9 Å². The van der Waals surface area contributed by atoms with Crippen molar-refractivity contribution in [3.8, 4) is 34.4 Å². The molecule has 3 heterocycles. The number of primary amides is 1.